The van der Waals surface area contributed by atoms with Gasteiger partial charge in [-0.1, -0.05) is 23.8 Å². The van der Waals surface area contributed by atoms with Gasteiger partial charge in [0.05, 0.1) is 10.9 Å². The molecule has 0 fully saturated rings. The second kappa shape index (κ2) is 6.59. The normalized spacial score (nSPS) is 11.0. The highest BCUT2D eigenvalue weighted by atomic mass is 16.3. The van der Waals surface area contributed by atoms with E-state index in [4.69, 9.17) is 4.42 Å². The van der Waals surface area contributed by atoms with Crippen molar-refractivity contribution in [3.8, 4) is 0 Å². The van der Waals surface area contributed by atoms with Gasteiger partial charge in [-0.25, -0.2) is 0 Å². The highest BCUT2D eigenvalue weighted by Gasteiger charge is 2.21. The summed E-state index contributed by atoms with van der Waals surface area (Å²) in [5.74, 6) is 0.169. The minimum Gasteiger partial charge on any atom is -0.460 e. The maximum Gasteiger partial charge on any atom is 0.262 e. The topological polar surface area (TPSA) is 64.2 Å². The Morgan fingerprint density at radius 2 is 1.96 bits per heavy atom. The molecule has 5 nitrogen and oxygen atoms in total. The Labute approximate surface area is 146 Å². The number of hydrogen-bond donors (Lipinski definition) is 1. The number of pyridine rings is 1. The minimum atomic E-state index is -0.289. The third-order valence-corrected chi connectivity index (χ3v) is 4.50. The molecule has 130 valence electrons. The summed E-state index contributed by atoms with van der Waals surface area (Å²) < 4.78 is 7.19. The Hall–Kier alpha value is -2.82. The summed E-state index contributed by atoms with van der Waals surface area (Å²) in [7, 11) is 0. The van der Waals surface area contributed by atoms with E-state index in [0.29, 0.717) is 35.4 Å². The van der Waals surface area contributed by atoms with Crippen LogP contribution >= 0.6 is 0 Å². The lowest BCUT2D eigenvalue weighted by molar-refractivity contribution is 0.0950. The number of carbonyl (C=O) groups excluding carboxylic acids is 1. The number of benzene rings is 1. The van der Waals surface area contributed by atoms with Crippen molar-refractivity contribution in [3.05, 3.63) is 68.8 Å². The molecule has 0 aliphatic heterocycles. The van der Waals surface area contributed by atoms with E-state index in [2.05, 4.69) is 11.4 Å². The van der Waals surface area contributed by atoms with Crippen molar-refractivity contribution in [3.63, 3.8) is 0 Å². The van der Waals surface area contributed by atoms with Crippen LogP contribution in [0.3, 0.4) is 0 Å². The summed E-state index contributed by atoms with van der Waals surface area (Å²) in [6.45, 7) is 8.59. The van der Waals surface area contributed by atoms with Gasteiger partial charge in [-0.3, -0.25) is 9.59 Å². The lowest BCUT2D eigenvalue weighted by atomic mass is 10.1. The molecule has 0 bridgehead atoms. The average Bonchev–Trinajstić information content (AvgIpc) is 2.92. The molecule has 0 saturated heterocycles. The maximum absolute atomic E-state index is 12.7. The van der Waals surface area contributed by atoms with Crippen LogP contribution in [0.1, 0.15) is 39.7 Å². The van der Waals surface area contributed by atoms with Gasteiger partial charge in [0.1, 0.15) is 11.3 Å². The summed E-state index contributed by atoms with van der Waals surface area (Å²) >= 11 is 0. The van der Waals surface area contributed by atoms with Crippen molar-refractivity contribution in [2.75, 3.05) is 0 Å². The molecule has 2 aromatic heterocycles. The van der Waals surface area contributed by atoms with Crippen LogP contribution in [-0.2, 0) is 13.1 Å². The molecule has 1 amide bonds. The van der Waals surface area contributed by atoms with Crippen LogP contribution in [0, 0.1) is 20.8 Å². The molecule has 2 heterocycles. The van der Waals surface area contributed by atoms with Gasteiger partial charge in [0.25, 0.3) is 11.5 Å². The molecule has 0 spiro atoms. The molecule has 5 heteroatoms. The van der Waals surface area contributed by atoms with Crippen LogP contribution in [0.5, 0.6) is 0 Å². The minimum absolute atomic E-state index is 0.200. The van der Waals surface area contributed by atoms with Crippen molar-refractivity contribution in [1.82, 2.24) is 9.88 Å². The first-order valence-electron chi connectivity index (χ1n) is 8.39. The third kappa shape index (κ3) is 3.09. The van der Waals surface area contributed by atoms with Crippen molar-refractivity contribution in [2.45, 2.75) is 40.8 Å². The molecule has 0 radical (unpaired) electrons. The van der Waals surface area contributed by atoms with Gasteiger partial charge in [-0.2, -0.15) is 0 Å². The number of hydrogen-bond acceptors (Lipinski definition) is 3. The number of amides is 1. The molecule has 3 aromatic rings. The monoisotopic (exact) mass is 338 g/mol. The van der Waals surface area contributed by atoms with Crippen LogP contribution in [0.4, 0.5) is 0 Å². The molecule has 0 saturated carbocycles. The van der Waals surface area contributed by atoms with E-state index in [0.717, 1.165) is 16.7 Å². The van der Waals surface area contributed by atoms with Crippen LogP contribution in [0.15, 0.2) is 39.7 Å². The van der Waals surface area contributed by atoms with Gasteiger partial charge in [-0.15, -0.1) is 0 Å². The maximum atomic E-state index is 12.7. The summed E-state index contributed by atoms with van der Waals surface area (Å²) in [6.07, 6.45) is 1.69. The number of nitrogens with zero attached hydrogens (tertiary/aromatic N) is 1. The van der Waals surface area contributed by atoms with Crippen LogP contribution in [0.2, 0.25) is 0 Å². The standard InChI is InChI=1S/C20H22N2O3/c1-5-22-9-8-16-18(20(22)24)17(14(4)25-16)19(23)21-11-15-10-12(2)6-7-13(15)3/h6-10H,5,11H2,1-4H3,(H,21,23). The van der Waals surface area contributed by atoms with E-state index >= 15 is 0 Å². The van der Waals surface area contributed by atoms with E-state index in [-0.39, 0.29) is 11.5 Å². The summed E-state index contributed by atoms with van der Waals surface area (Å²) in [5, 5.41) is 3.27. The SMILES string of the molecule is CCn1ccc2oc(C)c(C(=O)NCc3cc(C)ccc3C)c2c1=O. The first-order valence-corrected chi connectivity index (χ1v) is 8.39. The Kier molecular flexibility index (Phi) is 4.49. The number of nitrogens with one attached hydrogen (secondary N) is 1. The quantitative estimate of drug-likeness (QED) is 0.792. The summed E-state index contributed by atoms with van der Waals surface area (Å²) in [6, 6.07) is 7.87. The second-order valence-corrected chi connectivity index (χ2v) is 6.29. The van der Waals surface area contributed by atoms with Crippen molar-refractivity contribution in [2.24, 2.45) is 0 Å². The van der Waals surface area contributed by atoms with Crippen molar-refractivity contribution in [1.29, 1.82) is 0 Å². The zero-order valence-corrected chi connectivity index (χ0v) is 15.0. The molecule has 0 unspecified atom stereocenters. The van der Waals surface area contributed by atoms with E-state index in [9.17, 15) is 9.59 Å². The summed E-state index contributed by atoms with van der Waals surface area (Å²) in [4.78, 5) is 25.3. The van der Waals surface area contributed by atoms with Crippen LogP contribution in [0.25, 0.3) is 11.0 Å². The average molecular weight is 338 g/mol. The molecule has 0 aliphatic rings. The smallest absolute Gasteiger partial charge is 0.262 e. The van der Waals surface area contributed by atoms with Gasteiger partial charge in [-0.05, 0) is 44.9 Å². The van der Waals surface area contributed by atoms with Gasteiger partial charge >= 0.3 is 0 Å². The zero-order chi connectivity index (χ0) is 18.1. The number of carbonyl (C=O) groups is 1. The van der Waals surface area contributed by atoms with Crippen LogP contribution in [-0.4, -0.2) is 10.5 Å². The van der Waals surface area contributed by atoms with Crippen molar-refractivity contribution >= 4 is 16.9 Å². The van der Waals surface area contributed by atoms with Gasteiger partial charge in [0, 0.05) is 19.3 Å². The first-order chi connectivity index (χ1) is 11.9. The lowest BCUT2D eigenvalue weighted by Crippen LogP contribution is -2.26. The highest BCUT2D eigenvalue weighted by Crippen LogP contribution is 2.22. The summed E-state index contributed by atoms with van der Waals surface area (Å²) in [5.41, 5.74) is 3.90. The number of rotatable bonds is 4. The van der Waals surface area contributed by atoms with Crippen LogP contribution < -0.4 is 10.9 Å². The van der Waals surface area contributed by atoms with E-state index in [1.54, 1.807) is 23.8 Å². The van der Waals surface area contributed by atoms with Crippen molar-refractivity contribution < 1.29 is 9.21 Å². The fourth-order valence-corrected chi connectivity index (χ4v) is 3.04. The molecule has 1 N–H and O–H groups in total. The fourth-order valence-electron chi connectivity index (χ4n) is 3.04. The molecule has 3 rings (SSSR count). The Morgan fingerprint density at radius 3 is 2.68 bits per heavy atom. The van der Waals surface area contributed by atoms with E-state index in [1.165, 1.54) is 0 Å². The van der Waals surface area contributed by atoms with Gasteiger partial charge in [0.15, 0.2) is 0 Å². The molecular weight excluding hydrogens is 316 g/mol. The fraction of sp³-hybridized carbons (Fsp3) is 0.300. The van der Waals surface area contributed by atoms with Gasteiger partial charge < -0.3 is 14.3 Å². The Bertz CT molecular complexity index is 1010. The van der Waals surface area contributed by atoms with Gasteiger partial charge in [0.2, 0.25) is 0 Å². The third-order valence-electron chi connectivity index (χ3n) is 4.50. The second-order valence-electron chi connectivity index (χ2n) is 6.29. The Morgan fingerprint density at radius 1 is 1.20 bits per heavy atom. The molecule has 0 atom stereocenters. The molecular formula is C20H22N2O3. The Balaban J connectivity index is 1.96. The number of fused-ring (bicyclic) bond motifs is 1. The first kappa shape index (κ1) is 17.0. The largest absolute Gasteiger partial charge is 0.460 e. The number of aromatic nitrogens is 1. The predicted octanol–water partition coefficient (Wildman–Crippen LogP) is 3.47. The number of furan rings is 1. The van der Waals surface area contributed by atoms with E-state index in [1.807, 2.05) is 32.9 Å². The highest BCUT2D eigenvalue weighted by molar-refractivity contribution is 6.06. The zero-order valence-electron chi connectivity index (χ0n) is 15.0. The lowest BCUT2D eigenvalue weighted by Gasteiger charge is -2.09. The molecule has 0 aliphatic carbocycles. The van der Waals surface area contributed by atoms with E-state index < -0.39 is 0 Å². The molecule has 1 aromatic carbocycles. The predicted molar refractivity (Wildman–Crippen MR) is 98.0 cm³/mol. The number of aryl methyl sites for hydroxylation is 4. The molecule has 25 heavy (non-hydrogen) atoms.